The summed E-state index contributed by atoms with van der Waals surface area (Å²) in [5.41, 5.74) is 7.16. The molecule has 0 bridgehead atoms. The molecule has 180 valence electrons. The summed E-state index contributed by atoms with van der Waals surface area (Å²) < 4.78 is 6.22. The van der Waals surface area contributed by atoms with Gasteiger partial charge in [0.2, 0.25) is 0 Å². The summed E-state index contributed by atoms with van der Waals surface area (Å²) in [6.45, 7) is 11.6. The Balaban J connectivity index is 1.57. The van der Waals surface area contributed by atoms with Crippen LogP contribution in [0.4, 0.5) is 5.69 Å². The molecule has 3 aliphatic heterocycles. The van der Waals surface area contributed by atoms with Crippen molar-refractivity contribution in [2.45, 2.75) is 51.4 Å². The molecule has 3 aliphatic rings. The number of nitrogens with zero attached hydrogens (tertiary/aromatic N) is 3. The summed E-state index contributed by atoms with van der Waals surface area (Å²) in [5.74, 6) is 1.22. The van der Waals surface area contributed by atoms with Crippen molar-refractivity contribution >= 4 is 17.5 Å². The lowest BCUT2D eigenvalue weighted by Crippen LogP contribution is -2.44. The largest absolute Gasteiger partial charge is 0.457 e. The van der Waals surface area contributed by atoms with E-state index in [-0.39, 0.29) is 16.4 Å². The standard InChI is InChI=1S/C32H31N3O/c1-31(2)12-14-35-15-13-32(3,4)28-17-22(16-27(31)30(28)35)10-11-26-18-24(25(20-33)21-34)19-29(36-26)23-8-6-5-7-9-23/h5-11,16-19H,12-15H2,1-4H3/b11-10+. The third-order valence-electron chi connectivity index (χ3n) is 7.74. The van der Waals surface area contributed by atoms with E-state index in [0.29, 0.717) is 17.1 Å². The van der Waals surface area contributed by atoms with Crippen LogP contribution in [-0.4, -0.2) is 13.1 Å². The van der Waals surface area contributed by atoms with Crippen molar-refractivity contribution in [1.82, 2.24) is 0 Å². The van der Waals surface area contributed by atoms with Crippen molar-refractivity contribution in [2.75, 3.05) is 18.0 Å². The minimum atomic E-state index is 0.0689. The molecular weight excluding hydrogens is 442 g/mol. The molecule has 0 saturated carbocycles. The monoisotopic (exact) mass is 473 g/mol. The minimum absolute atomic E-state index is 0.0689. The van der Waals surface area contributed by atoms with Crippen LogP contribution in [0.3, 0.4) is 0 Å². The number of hydrogen-bond donors (Lipinski definition) is 0. The van der Waals surface area contributed by atoms with E-state index in [2.05, 4.69) is 50.8 Å². The van der Waals surface area contributed by atoms with Gasteiger partial charge in [0.1, 0.15) is 29.2 Å². The summed E-state index contributed by atoms with van der Waals surface area (Å²) in [6.07, 6.45) is 9.85. The molecule has 0 atom stereocenters. The molecule has 4 nitrogen and oxygen atoms in total. The summed E-state index contributed by atoms with van der Waals surface area (Å²) >= 11 is 0. The predicted octanol–water partition coefficient (Wildman–Crippen LogP) is 7.17. The van der Waals surface area contributed by atoms with Crippen molar-refractivity contribution in [2.24, 2.45) is 0 Å². The van der Waals surface area contributed by atoms with Crippen molar-refractivity contribution in [3.63, 3.8) is 0 Å². The maximum absolute atomic E-state index is 9.47. The van der Waals surface area contributed by atoms with Crippen molar-refractivity contribution in [3.8, 4) is 12.1 Å². The fourth-order valence-corrected chi connectivity index (χ4v) is 5.38. The van der Waals surface area contributed by atoms with Gasteiger partial charge in [-0.2, -0.15) is 10.5 Å². The molecular formula is C32H31N3O. The molecule has 2 aromatic rings. The topological polar surface area (TPSA) is 60.0 Å². The Morgan fingerprint density at radius 2 is 1.50 bits per heavy atom. The van der Waals surface area contributed by atoms with Crippen molar-refractivity contribution < 1.29 is 4.74 Å². The van der Waals surface area contributed by atoms with Crippen LogP contribution in [-0.2, 0) is 15.6 Å². The SMILES string of the molecule is CC1(C)CCN2CCC(C)(C)c3cc(/C=C/C4=CC(=C(C#N)C#N)C=C(c5ccccc5)O4)cc1c32. The second-order valence-corrected chi connectivity index (χ2v) is 11.1. The molecule has 0 radical (unpaired) electrons. The summed E-state index contributed by atoms with van der Waals surface area (Å²) in [5, 5.41) is 18.9. The third-order valence-corrected chi connectivity index (χ3v) is 7.74. The van der Waals surface area contributed by atoms with Crippen LogP contribution in [0.15, 0.2) is 77.6 Å². The van der Waals surface area contributed by atoms with Gasteiger partial charge in [0, 0.05) is 29.9 Å². The zero-order valence-corrected chi connectivity index (χ0v) is 21.4. The van der Waals surface area contributed by atoms with E-state index in [4.69, 9.17) is 4.74 Å². The summed E-state index contributed by atoms with van der Waals surface area (Å²) in [4.78, 5) is 2.57. The number of hydrogen-bond acceptors (Lipinski definition) is 4. The molecule has 5 rings (SSSR count). The first-order valence-corrected chi connectivity index (χ1v) is 12.5. The fraction of sp³-hybridized carbons (Fsp3) is 0.312. The molecule has 0 fully saturated rings. The van der Waals surface area contributed by atoms with Gasteiger partial charge in [-0.05, 0) is 70.7 Å². The number of ether oxygens (including phenoxy) is 1. The molecule has 3 heterocycles. The van der Waals surface area contributed by atoms with Crippen LogP contribution >= 0.6 is 0 Å². The Labute approximate surface area is 214 Å². The zero-order chi connectivity index (χ0) is 25.5. The number of benzene rings is 2. The van der Waals surface area contributed by atoms with E-state index in [0.717, 1.165) is 37.1 Å². The van der Waals surface area contributed by atoms with Crippen LogP contribution in [0.2, 0.25) is 0 Å². The first-order valence-electron chi connectivity index (χ1n) is 12.5. The van der Waals surface area contributed by atoms with E-state index < -0.39 is 0 Å². The normalized spacial score (nSPS) is 19.4. The second kappa shape index (κ2) is 8.89. The molecule has 0 N–H and O–H groups in total. The van der Waals surface area contributed by atoms with Gasteiger partial charge in [0.15, 0.2) is 0 Å². The van der Waals surface area contributed by atoms with Gasteiger partial charge in [-0.1, -0.05) is 64.1 Å². The van der Waals surface area contributed by atoms with Crippen LogP contribution in [0.25, 0.3) is 11.8 Å². The van der Waals surface area contributed by atoms with E-state index in [1.807, 2.05) is 48.5 Å². The maximum Gasteiger partial charge on any atom is 0.137 e. The average molecular weight is 474 g/mol. The highest BCUT2D eigenvalue weighted by molar-refractivity contribution is 5.73. The maximum atomic E-state index is 9.47. The Morgan fingerprint density at radius 1 is 0.889 bits per heavy atom. The Morgan fingerprint density at radius 3 is 2.08 bits per heavy atom. The Hall–Kier alpha value is -4.02. The molecule has 0 saturated heterocycles. The van der Waals surface area contributed by atoms with Crippen LogP contribution in [0.1, 0.15) is 62.8 Å². The van der Waals surface area contributed by atoms with Crippen molar-refractivity contribution in [3.05, 3.63) is 99.9 Å². The molecule has 0 spiro atoms. The van der Waals surface area contributed by atoms with E-state index >= 15 is 0 Å². The van der Waals surface area contributed by atoms with Gasteiger partial charge in [0.05, 0.1) is 0 Å². The lowest BCUT2D eigenvalue weighted by Gasteiger charge is -2.48. The molecule has 0 unspecified atom stereocenters. The molecule has 2 aromatic carbocycles. The van der Waals surface area contributed by atoms with E-state index in [9.17, 15) is 10.5 Å². The van der Waals surface area contributed by atoms with Crippen LogP contribution in [0.5, 0.6) is 0 Å². The highest BCUT2D eigenvalue weighted by Gasteiger charge is 2.39. The molecule has 36 heavy (non-hydrogen) atoms. The quantitative estimate of drug-likeness (QED) is 0.444. The Kier molecular flexibility index (Phi) is 5.85. The van der Waals surface area contributed by atoms with Gasteiger partial charge < -0.3 is 9.64 Å². The highest BCUT2D eigenvalue weighted by Crippen LogP contribution is 2.49. The van der Waals surface area contributed by atoms with Gasteiger partial charge in [-0.25, -0.2) is 0 Å². The first kappa shape index (κ1) is 23.7. The predicted molar refractivity (Wildman–Crippen MR) is 145 cm³/mol. The second-order valence-electron chi connectivity index (χ2n) is 11.1. The summed E-state index contributed by atoms with van der Waals surface area (Å²) in [6, 6.07) is 18.4. The lowest BCUT2D eigenvalue weighted by atomic mass is 9.69. The smallest absolute Gasteiger partial charge is 0.137 e. The van der Waals surface area contributed by atoms with Gasteiger partial charge in [-0.3, -0.25) is 0 Å². The average Bonchev–Trinajstić information content (AvgIpc) is 2.87. The highest BCUT2D eigenvalue weighted by atomic mass is 16.5. The first-order chi connectivity index (χ1) is 17.2. The molecule has 0 aromatic heterocycles. The van der Waals surface area contributed by atoms with Gasteiger partial charge in [0.25, 0.3) is 0 Å². The fourth-order valence-electron chi connectivity index (χ4n) is 5.38. The Bertz CT molecular complexity index is 1360. The molecule has 0 aliphatic carbocycles. The zero-order valence-electron chi connectivity index (χ0n) is 21.4. The third kappa shape index (κ3) is 4.25. The number of rotatable bonds is 3. The van der Waals surface area contributed by atoms with E-state index in [1.165, 1.54) is 16.8 Å². The van der Waals surface area contributed by atoms with Gasteiger partial charge in [-0.15, -0.1) is 0 Å². The number of allylic oxidation sites excluding steroid dienone is 5. The number of nitriles is 2. The molecule has 0 amide bonds. The van der Waals surface area contributed by atoms with Crippen LogP contribution < -0.4 is 4.90 Å². The minimum Gasteiger partial charge on any atom is -0.457 e. The summed E-state index contributed by atoms with van der Waals surface area (Å²) in [7, 11) is 0. The molecule has 4 heteroatoms. The van der Waals surface area contributed by atoms with E-state index in [1.54, 1.807) is 12.2 Å². The van der Waals surface area contributed by atoms with Gasteiger partial charge >= 0.3 is 0 Å². The van der Waals surface area contributed by atoms with Crippen molar-refractivity contribution in [1.29, 1.82) is 10.5 Å². The number of anilines is 1. The van der Waals surface area contributed by atoms with Crippen LogP contribution in [0, 0.1) is 22.7 Å². The lowest BCUT2D eigenvalue weighted by molar-refractivity contribution is 0.396.